The Balaban J connectivity index is 1.59. The van der Waals surface area contributed by atoms with Crippen LogP contribution in [-0.4, -0.2) is 46.0 Å². The van der Waals surface area contributed by atoms with Crippen molar-refractivity contribution < 1.29 is 22.7 Å². The van der Waals surface area contributed by atoms with Gasteiger partial charge in [-0.3, -0.25) is 4.79 Å². The number of carbonyl (C=O) groups is 1. The van der Waals surface area contributed by atoms with Crippen molar-refractivity contribution in [2.45, 2.75) is 38.7 Å². The Kier molecular flexibility index (Phi) is 7.67. The molecule has 1 fully saturated rings. The molecule has 1 aliphatic rings. The first kappa shape index (κ1) is 26.1. The fraction of sp³-hybridized carbons (Fsp3) is 0.333. The van der Waals surface area contributed by atoms with Gasteiger partial charge >= 0.3 is 6.18 Å². The van der Waals surface area contributed by atoms with E-state index in [1.807, 2.05) is 13.8 Å². The lowest BCUT2D eigenvalue weighted by molar-refractivity contribution is -0.141. The Labute approximate surface area is 215 Å². The third-order valence-electron chi connectivity index (χ3n) is 5.39. The maximum Gasteiger partial charge on any atom is 0.433 e. The van der Waals surface area contributed by atoms with E-state index in [-0.39, 0.29) is 57.6 Å². The summed E-state index contributed by atoms with van der Waals surface area (Å²) in [5, 5.41) is 3.28. The van der Waals surface area contributed by atoms with Crippen LogP contribution in [0.25, 0.3) is 0 Å². The zero-order chi connectivity index (χ0) is 26.0. The second-order valence-corrected chi connectivity index (χ2v) is 9.28. The predicted octanol–water partition coefficient (Wildman–Crippen LogP) is 5.98. The maximum atomic E-state index is 13.6. The van der Waals surface area contributed by atoms with Gasteiger partial charge in [-0.05, 0) is 43.7 Å². The van der Waals surface area contributed by atoms with Gasteiger partial charge in [0.25, 0.3) is 0 Å². The number of nitrogens with one attached hydrogen (secondary N) is 1. The molecule has 190 valence electrons. The second-order valence-electron chi connectivity index (χ2n) is 8.47. The van der Waals surface area contributed by atoms with Gasteiger partial charge in [0.2, 0.25) is 5.95 Å². The minimum absolute atomic E-state index is 0.0347. The van der Waals surface area contributed by atoms with Crippen molar-refractivity contribution in [1.82, 2.24) is 15.0 Å². The number of morpholine rings is 1. The highest BCUT2D eigenvalue weighted by molar-refractivity contribution is 6.39. The summed E-state index contributed by atoms with van der Waals surface area (Å²) in [6.45, 7) is 4.38. The fourth-order valence-electron chi connectivity index (χ4n) is 3.95. The van der Waals surface area contributed by atoms with Gasteiger partial charge in [-0.15, -0.1) is 0 Å². The monoisotopic (exact) mass is 539 g/mol. The highest BCUT2D eigenvalue weighted by atomic mass is 35.5. The van der Waals surface area contributed by atoms with Gasteiger partial charge in [0.05, 0.1) is 27.8 Å². The Morgan fingerprint density at radius 1 is 1.08 bits per heavy atom. The van der Waals surface area contributed by atoms with Gasteiger partial charge in [0, 0.05) is 31.8 Å². The van der Waals surface area contributed by atoms with E-state index >= 15 is 0 Å². The molecule has 0 amide bonds. The SMILES string of the molecule is CC1CN(c2nc(Nc3cc(CC(=O)c4c(Cl)cccc4Cl)ccn3)cc(C(F)(F)F)n2)CC(C)O1. The zero-order valence-electron chi connectivity index (χ0n) is 19.3. The number of nitrogens with zero attached hydrogens (tertiary/aromatic N) is 4. The molecule has 36 heavy (non-hydrogen) atoms. The number of ketones is 1. The summed E-state index contributed by atoms with van der Waals surface area (Å²) in [5.74, 6) is -0.229. The number of alkyl halides is 3. The van der Waals surface area contributed by atoms with E-state index in [0.717, 1.165) is 6.07 Å². The van der Waals surface area contributed by atoms with E-state index in [4.69, 9.17) is 27.9 Å². The molecule has 3 aromatic rings. The molecule has 12 heteroatoms. The first-order chi connectivity index (χ1) is 17.0. The highest BCUT2D eigenvalue weighted by Gasteiger charge is 2.35. The van der Waals surface area contributed by atoms with E-state index in [2.05, 4.69) is 20.3 Å². The van der Waals surface area contributed by atoms with E-state index in [1.54, 1.807) is 35.2 Å². The number of halogens is 5. The van der Waals surface area contributed by atoms with Crippen molar-refractivity contribution in [3.8, 4) is 0 Å². The number of hydrogen-bond acceptors (Lipinski definition) is 7. The predicted molar refractivity (Wildman–Crippen MR) is 131 cm³/mol. The molecule has 1 N–H and O–H groups in total. The van der Waals surface area contributed by atoms with E-state index in [0.29, 0.717) is 18.7 Å². The van der Waals surface area contributed by atoms with E-state index in [1.165, 1.54) is 6.20 Å². The first-order valence-electron chi connectivity index (χ1n) is 11.1. The van der Waals surface area contributed by atoms with Crippen LogP contribution in [0.1, 0.15) is 35.5 Å². The second kappa shape index (κ2) is 10.6. The van der Waals surface area contributed by atoms with Crippen LogP contribution in [0.4, 0.5) is 30.8 Å². The molecule has 4 rings (SSSR count). The Morgan fingerprint density at radius 2 is 1.75 bits per heavy atom. The number of rotatable bonds is 6. The van der Waals surface area contributed by atoms with Gasteiger partial charge in [0.1, 0.15) is 11.6 Å². The molecular weight excluding hydrogens is 518 g/mol. The molecule has 7 nitrogen and oxygen atoms in total. The van der Waals surface area contributed by atoms with E-state index in [9.17, 15) is 18.0 Å². The zero-order valence-corrected chi connectivity index (χ0v) is 20.8. The summed E-state index contributed by atoms with van der Waals surface area (Å²) >= 11 is 12.3. The topological polar surface area (TPSA) is 80.2 Å². The molecule has 0 saturated carbocycles. The van der Waals surface area contributed by atoms with Crippen molar-refractivity contribution >= 4 is 46.6 Å². The summed E-state index contributed by atoms with van der Waals surface area (Å²) in [5.41, 5.74) is -0.312. The minimum atomic E-state index is -4.67. The van der Waals surface area contributed by atoms with Crippen LogP contribution in [0.5, 0.6) is 0 Å². The molecule has 2 aromatic heterocycles. The number of Topliss-reactive ketones (excluding diaryl/α,β-unsaturated/α-hetero) is 1. The molecule has 0 radical (unpaired) electrons. The molecule has 0 spiro atoms. The lowest BCUT2D eigenvalue weighted by Crippen LogP contribution is -2.46. The van der Waals surface area contributed by atoms with Crippen LogP contribution in [-0.2, 0) is 17.3 Å². The molecule has 3 heterocycles. The lowest BCUT2D eigenvalue weighted by Gasteiger charge is -2.35. The molecule has 0 aliphatic carbocycles. The van der Waals surface area contributed by atoms with Crippen molar-refractivity contribution in [2.75, 3.05) is 23.3 Å². The summed E-state index contributed by atoms with van der Waals surface area (Å²) in [6.07, 6.45) is -3.64. The van der Waals surface area contributed by atoms with E-state index < -0.39 is 11.9 Å². The number of carbonyl (C=O) groups excluding carboxylic acids is 1. The molecule has 2 atom stereocenters. The molecule has 1 aromatic carbocycles. The van der Waals surface area contributed by atoms with Crippen LogP contribution < -0.4 is 10.2 Å². The summed E-state index contributed by atoms with van der Waals surface area (Å²) in [6, 6.07) is 8.77. The largest absolute Gasteiger partial charge is 0.433 e. The van der Waals surface area contributed by atoms with Crippen LogP contribution >= 0.6 is 23.2 Å². The molecule has 0 bridgehead atoms. The van der Waals surface area contributed by atoms with Crippen molar-refractivity contribution in [1.29, 1.82) is 0 Å². The Bertz CT molecular complexity index is 1240. The summed E-state index contributed by atoms with van der Waals surface area (Å²) in [7, 11) is 0. The molecular formula is C24H22Cl2F3N5O2. The first-order valence-corrected chi connectivity index (χ1v) is 11.8. The van der Waals surface area contributed by atoms with Gasteiger partial charge in [-0.2, -0.15) is 18.2 Å². The quantitative estimate of drug-likeness (QED) is 0.386. The molecule has 2 unspecified atom stereocenters. The van der Waals surface area contributed by atoms with Gasteiger partial charge in [-0.25, -0.2) is 9.97 Å². The summed E-state index contributed by atoms with van der Waals surface area (Å²) in [4.78, 5) is 26.7. The third kappa shape index (κ3) is 6.24. The average molecular weight is 540 g/mol. The fourth-order valence-corrected chi connectivity index (χ4v) is 4.56. The van der Waals surface area contributed by atoms with Gasteiger partial charge < -0.3 is 15.0 Å². The highest BCUT2D eigenvalue weighted by Crippen LogP contribution is 2.32. The molecule has 1 aliphatic heterocycles. The standard InChI is InChI=1S/C24H22Cl2F3N5O2/c1-13-11-34(12-14(2)36-13)23-31-19(24(27,28)29)10-21(33-23)32-20-9-15(6-7-30-20)8-18(35)22-16(25)4-3-5-17(22)26/h3-7,9-10,13-14H,8,11-12H2,1-2H3,(H,30,31,32,33). The smallest absolute Gasteiger partial charge is 0.372 e. The number of benzene rings is 1. The molecule has 1 saturated heterocycles. The van der Waals surface area contributed by atoms with Crippen LogP contribution in [0.3, 0.4) is 0 Å². The lowest BCUT2D eigenvalue weighted by atomic mass is 10.0. The van der Waals surface area contributed by atoms with Crippen LogP contribution in [0, 0.1) is 0 Å². The number of aromatic nitrogens is 3. The maximum absolute atomic E-state index is 13.6. The van der Waals surface area contributed by atoms with Crippen molar-refractivity contribution in [3.63, 3.8) is 0 Å². The van der Waals surface area contributed by atoms with Crippen molar-refractivity contribution in [3.05, 3.63) is 69.5 Å². The Hall–Kier alpha value is -2.95. The number of ether oxygens (including phenoxy) is 1. The Morgan fingerprint density at radius 3 is 2.39 bits per heavy atom. The summed E-state index contributed by atoms with van der Waals surface area (Å²) < 4.78 is 46.5. The minimum Gasteiger partial charge on any atom is -0.372 e. The number of hydrogen-bond donors (Lipinski definition) is 1. The van der Waals surface area contributed by atoms with Crippen LogP contribution in [0.2, 0.25) is 10.0 Å². The van der Waals surface area contributed by atoms with Crippen molar-refractivity contribution in [2.24, 2.45) is 0 Å². The van der Waals surface area contributed by atoms with Gasteiger partial charge in [0.15, 0.2) is 11.5 Å². The average Bonchev–Trinajstić information content (AvgIpc) is 2.78. The van der Waals surface area contributed by atoms with Gasteiger partial charge in [-0.1, -0.05) is 29.3 Å². The number of pyridine rings is 1. The number of anilines is 3. The van der Waals surface area contributed by atoms with Crippen LogP contribution in [0.15, 0.2) is 42.6 Å². The third-order valence-corrected chi connectivity index (χ3v) is 6.02. The normalized spacial score (nSPS) is 18.2.